The molecule has 7 nitrogen and oxygen atoms in total. The minimum atomic E-state index is -1.12. The highest BCUT2D eigenvalue weighted by atomic mass is 16.6. The van der Waals surface area contributed by atoms with Gasteiger partial charge in [-0.15, -0.1) is 0 Å². The van der Waals surface area contributed by atoms with Crippen LogP contribution in [0.25, 0.3) is 0 Å². The highest BCUT2D eigenvalue weighted by Gasteiger charge is 2.14. The van der Waals surface area contributed by atoms with Crippen molar-refractivity contribution in [3.63, 3.8) is 0 Å². The van der Waals surface area contributed by atoms with Crippen molar-refractivity contribution in [1.29, 1.82) is 0 Å². The zero-order valence-corrected chi connectivity index (χ0v) is 11.4. The van der Waals surface area contributed by atoms with E-state index in [9.17, 15) is 14.9 Å². The van der Waals surface area contributed by atoms with Crippen LogP contribution in [0, 0.1) is 24.0 Å². The molecule has 0 fully saturated rings. The minimum absolute atomic E-state index is 0.0270. The predicted octanol–water partition coefficient (Wildman–Crippen LogP) is 3.10. The molecule has 0 aliphatic carbocycles. The first-order valence-electron chi connectivity index (χ1n) is 6.01. The number of benzene rings is 1. The van der Waals surface area contributed by atoms with Crippen LogP contribution in [0.5, 0.6) is 11.5 Å². The Morgan fingerprint density at radius 3 is 2.52 bits per heavy atom. The van der Waals surface area contributed by atoms with Gasteiger partial charge < -0.3 is 9.84 Å². The van der Waals surface area contributed by atoms with E-state index in [1.807, 2.05) is 0 Å². The molecule has 0 atom stereocenters. The summed E-state index contributed by atoms with van der Waals surface area (Å²) in [4.78, 5) is 24.8. The van der Waals surface area contributed by atoms with Crippen molar-refractivity contribution in [2.45, 2.75) is 13.8 Å². The smallest absolute Gasteiger partial charge is 0.354 e. The lowest BCUT2D eigenvalue weighted by Gasteiger charge is -2.09. The highest BCUT2D eigenvalue weighted by molar-refractivity contribution is 5.85. The number of pyridine rings is 1. The molecular formula is C14H12N2O5. The van der Waals surface area contributed by atoms with Crippen LogP contribution >= 0.6 is 0 Å². The highest BCUT2D eigenvalue weighted by Crippen LogP contribution is 2.30. The van der Waals surface area contributed by atoms with E-state index < -0.39 is 10.9 Å². The van der Waals surface area contributed by atoms with Crippen LogP contribution in [-0.2, 0) is 0 Å². The van der Waals surface area contributed by atoms with E-state index in [1.165, 1.54) is 24.4 Å². The Morgan fingerprint density at radius 1 is 1.29 bits per heavy atom. The molecule has 0 bridgehead atoms. The van der Waals surface area contributed by atoms with Gasteiger partial charge in [0.1, 0.15) is 17.2 Å². The van der Waals surface area contributed by atoms with Gasteiger partial charge in [-0.2, -0.15) is 0 Å². The molecule has 0 spiro atoms. The van der Waals surface area contributed by atoms with Crippen LogP contribution in [0.3, 0.4) is 0 Å². The second-order valence-electron chi connectivity index (χ2n) is 4.45. The molecule has 1 N–H and O–H groups in total. The van der Waals surface area contributed by atoms with Crippen molar-refractivity contribution < 1.29 is 19.6 Å². The summed E-state index contributed by atoms with van der Waals surface area (Å²) in [6, 6.07) is 5.81. The Bertz CT molecular complexity index is 710. The number of hydrogen-bond acceptors (Lipinski definition) is 5. The van der Waals surface area contributed by atoms with Crippen LogP contribution < -0.4 is 4.74 Å². The van der Waals surface area contributed by atoms with E-state index in [1.54, 1.807) is 19.9 Å². The number of rotatable bonds is 4. The summed E-state index contributed by atoms with van der Waals surface area (Å²) in [5.74, 6) is -0.303. The zero-order chi connectivity index (χ0) is 15.6. The molecule has 2 rings (SSSR count). The maximum atomic E-state index is 10.8. The molecule has 7 heteroatoms. The Labute approximate surface area is 120 Å². The predicted molar refractivity (Wildman–Crippen MR) is 73.8 cm³/mol. The Hall–Kier alpha value is -2.96. The van der Waals surface area contributed by atoms with Crippen LogP contribution in [0.4, 0.5) is 5.69 Å². The first kappa shape index (κ1) is 14.4. The fraction of sp³-hybridized carbons (Fsp3) is 0.143. The van der Waals surface area contributed by atoms with Crippen LogP contribution in [0.2, 0.25) is 0 Å². The summed E-state index contributed by atoms with van der Waals surface area (Å²) in [7, 11) is 0. The first-order chi connectivity index (χ1) is 9.88. The van der Waals surface area contributed by atoms with Gasteiger partial charge in [0.25, 0.3) is 5.69 Å². The van der Waals surface area contributed by atoms with E-state index in [2.05, 4.69) is 4.98 Å². The molecule has 1 heterocycles. The number of nitro groups is 1. The van der Waals surface area contributed by atoms with E-state index in [0.29, 0.717) is 22.6 Å². The van der Waals surface area contributed by atoms with E-state index >= 15 is 0 Å². The van der Waals surface area contributed by atoms with E-state index in [4.69, 9.17) is 9.84 Å². The minimum Gasteiger partial charge on any atom is -0.477 e. The number of hydrogen-bond donors (Lipinski definition) is 1. The molecular weight excluding hydrogens is 276 g/mol. The number of nitrogens with zero attached hydrogens (tertiary/aromatic N) is 2. The second kappa shape index (κ2) is 5.58. The van der Waals surface area contributed by atoms with Crippen molar-refractivity contribution >= 4 is 11.7 Å². The average Bonchev–Trinajstić information content (AvgIpc) is 2.42. The lowest BCUT2D eigenvalue weighted by atomic mass is 10.1. The first-order valence-corrected chi connectivity index (χ1v) is 6.01. The Morgan fingerprint density at radius 2 is 2.00 bits per heavy atom. The Kier molecular flexibility index (Phi) is 3.84. The molecule has 1 aromatic carbocycles. The number of carboxylic acid groups (broad SMARTS) is 1. The topological polar surface area (TPSA) is 103 Å². The molecule has 0 unspecified atom stereocenters. The van der Waals surface area contributed by atoms with Crippen molar-refractivity contribution in [3.8, 4) is 11.5 Å². The van der Waals surface area contributed by atoms with Gasteiger partial charge in [-0.1, -0.05) is 0 Å². The molecule has 0 aliphatic heterocycles. The number of aromatic nitrogens is 1. The lowest BCUT2D eigenvalue weighted by molar-refractivity contribution is -0.385. The third kappa shape index (κ3) is 3.14. The molecule has 108 valence electrons. The number of nitro benzene ring substituents is 1. The molecule has 1 aromatic heterocycles. The van der Waals surface area contributed by atoms with Crippen molar-refractivity contribution in [1.82, 2.24) is 4.98 Å². The average molecular weight is 288 g/mol. The summed E-state index contributed by atoms with van der Waals surface area (Å²) < 4.78 is 5.58. The van der Waals surface area contributed by atoms with Crippen LogP contribution in [0.1, 0.15) is 21.6 Å². The summed E-state index contributed by atoms with van der Waals surface area (Å²) in [5.41, 5.74) is 1.03. The van der Waals surface area contributed by atoms with Crippen LogP contribution in [-0.4, -0.2) is 21.0 Å². The molecule has 21 heavy (non-hydrogen) atoms. The van der Waals surface area contributed by atoms with Gasteiger partial charge >= 0.3 is 5.97 Å². The zero-order valence-electron chi connectivity index (χ0n) is 11.4. The second-order valence-corrected chi connectivity index (χ2v) is 4.45. The summed E-state index contributed by atoms with van der Waals surface area (Å²) in [6.07, 6.45) is 1.29. The third-order valence-electron chi connectivity index (χ3n) is 2.87. The normalized spacial score (nSPS) is 10.2. The monoisotopic (exact) mass is 288 g/mol. The van der Waals surface area contributed by atoms with Crippen molar-refractivity contribution in [3.05, 3.63) is 57.4 Å². The quantitative estimate of drug-likeness (QED) is 0.685. The van der Waals surface area contributed by atoms with Gasteiger partial charge in [0.15, 0.2) is 0 Å². The van der Waals surface area contributed by atoms with Gasteiger partial charge in [-0.3, -0.25) is 10.1 Å². The number of aromatic carboxylic acids is 1. The van der Waals surface area contributed by atoms with Crippen molar-refractivity contribution in [2.24, 2.45) is 0 Å². The lowest BCUT2D eigenvalue weighted by Crippen LogP contribution is -2.00. The SMILES string of the molecule is Cc1cc([N+](=O)[O-])c(C)cc1Oc1ccc(C(=O)O)nc1. The molecule has 0 radical (unpaired) electrons. The molecule has 0 aliphatic rings. The Balaban J connectivity index is 2.29. The number of ether oxygens (including phenoxy) is 1. The van der Waals surface area contributed by atoms with Gasteiger partial charge in [-0.05, 0) is 37.6 Å². The fourth-order valence-corrected chi connectivity index (χ4v) is 1.78. The maximum absolute atomic E-state index is 10.8. The van der Waals surface area contributed by atoms with E-state index in [-0.39, 0.29) is 11.4 Å². The van der Waals surface area contributed by atoms with Crippen LogP contribution in [0.15, 0.2) is 30.5 Å². The summed E-state index contributed by atoms with van der Waals surface area (Å²) in [5, 5.41) is 19.6. The van der Waals surface area contributed by atoms with Crippen molar-refractivity contribution in [2.75, 3.05) is 0 Å². The fourth-order valence-electron chi connectivity index (χ4n) is 1.78. The standard InChI is InChI=1S/C14H12N2O5/c1-8-6-13(9(2)5-12(8)16(19)20)21-10-3-4-11(14(17)18)15-7-10/h3-7H,1-2H3,(H,17,18). The summed E-state index contributed by atoms with van der Waals surface area (Å²) in [6.45, 7) is 3.32. The number of carbonyl (C=O) groups is 1. The van der Waals surface area contributed by atoms with Gasteiger partial charge in [0, 0.05) is 11.6 Å². The van der Waals surface area contributed by atoms with E-state index in [0.717, 1.165) is 0 Å². The molecule has 2 aromatic rings. The molecule has 0 saturated carbocycles. The summed E-state index contributed by atoms with van der Waals surface area (Å²) >= 11 is 0. The number of aryl methyl sites for hydroxylation is 2. The largest absolute Gasteiger partial charge is 0.477 e. The number of carboxylic acids is 1. The van der Waals surface area contributed by atoms with Gasteiger partial charge in [0.05, 0.1) is 11.1 Å². The van der Waals surface area contributed by atoms with Gasteiger partial charge in [0.2, 0.25) is 0 Å². The molecule has 0 saturated heterocycles. The maximum Gasteiger partial charge on any atom is 0.354 e. The van der Waals surface area contributed by atoms with Gasteiger partial charge in [-0.25, -0.2) is 9.78 Å². The molecule has 0 amide bonds. The third-order valence-corrected chi connectivity index (χ3v) is 2.87.